The Bertz CT molecular complexity index is 338. The molecule has 2 N–H and O–H groups in total. The van der Waals surface area contributed by atoms with Crippen LogP contribution in [0.3, 0.4) is 0 Å². The number of rotatable bonds is 2. The zero-order valence-electron chi connectivity index (χ0n) is 8.00. The lowest BCUT2D eigenvalue weighted by Gasteiger charge is -2.08. The molecule has 1 aromatic carbocycles. The van der Waals surface area contributed by atoms with Crippen LogP contribution in [0.1, 0.15) is 29.9 Å². The third-order valence-corrected chi connectivity index (χ3v) is 2.68. The molecule has 74 valence electrons. The van der Waals surface area contributed by atoms with Gasteiger partial charge in [-0.1, -0.05) is 6.07 Å². The Kier molecular flexibility index (Phi) is 2.33. The molecular weight excluding hydrogens is 182 g/mol. The first kappa shape index (κ1) is 9.68. The molecule has 14 heavy (non-hydrogen) atoms. The monoisotopic (exact) mass is 194 g/mol. The van der Waals surface area contributed by atoms with Crippen LogP contribution >= 0.6 is 0 Å². The average Bonchev–Trinajstić information content (AvgIpc) is 2.86. The predicted molar refractivity (Wildman–Crippen MR) is 52.9 cm³/mol. The molecule has 1 aliphatic carbocycles. The molecule has 2 rings (SSSR count). The molecule has 0 heterocycles. The smallest absolute Gasteiger partial charge is 0.423 e. The first-order chi connectivity index (χ1) is 6.59. The van der Waals surface area contributed by atoms with E-state index < -0.39 is 12.9 Å². The second kappa shape index (κ2) is 3.37. The molecule has 1 saturated carbocycles. The summed E-state index contributed by atoms with van der Waals surface area (Å²) in [5, 5.41) is 17.9. The van der Waals surface area contributed by atoms with E-state index in [2.05, 4.69) is 0 Å². The van der Waals surface area contributed by atoms with Crippen molar-refractivity contribution < 1.29 is 14.4 Å². The van der Waals surface area contributed by atoms with Gasteiger partial charge in [-0.3, -0.25) is 0 Å². The third-order valence-electron chi connectivity index (χ3n) is 2.68. The summed E-state index contributed by atoms with van der Waals surface area (Å²) in [6, 6.07) is 2.95. The normalized spacial score (nSPS) is 15.7. The highest BCUT2D eigenvalue weighted by Gasteiger charge is 2.28. The van der Waals surface area contributed by atoms with Crippen LogP contribution in [0.5, 0.6) is 0 Å². The van der Waals surface area contributed by atoms with Crippen molar-refractivity contribution in [1.29, 1.82) is 0 Å². The summed E-state index contributed by atoms with van der Waals surface area (Å²) >= 11 is 0. The number of aryl methyl sites for hydroxylation is 1. The van der Waals surface area contributed by atoms with E-state index in [9.17, 15) is 4.39 Å². The van der Waals surface area contributed by atoms with Crippen molar-refractivity contribution in [3.8, 4) is 0 Å². The average molecular weight is 194 g/mol. The lowest BCUT2D eigenvalue weighted by atomic mass is 9.78. The van der Waals surface area contributed by atoms with E-state index in [-0.39, 0.29) is 5.46 Å². The van der Waals surface area contributed by atoms with Crippen molar-refractivity contribution in [3.05, 3.63) is 29.1 Å². The van der Waals surface area contributed by atoms with Crippen molar-refractivity contribution in [3.63, 3.8) is 0 Å². The van der Waals surface area contributed by atoms with E-state index in [1.165, 1.54) is 6.07 Å². The van der Waals surface area contributed by atoms with Crippen LogP contribution in [-0.2, 0) is 0 Å². The van der Waals surface area contributed by atoms with E-state index in [0.717, 1.165) is 24.0 Å². The van der Waals surface area contributed by atoms with Crippen molar-refractivity contribution in [2.45, 2.75) is 25.7 Å². The van der Waals surface area contributed by atoms with Crippen molar-refractivity contribution in [2.24, 2.45) is 0 Å². The van der Waals surface area contributed by atoms with E-state index >= 15 is 0 Å². The van der Waals surface area contributed by atoms with E-state index in [1.54, 1.807) is 6.07 Å². The van der Waals surface area contributed by atoms with Gasteiger partial charge in [0.1, 0.15) is 5.82 Å². The Labute approximate surface area is 82.5 Å². The lowest BCUT2D eigenvalue weighted by Crippen LogP contribution is -2.33. The zero-order valence-corrected chi connectivity index (χ0v) is 8.00. The quantitative estimate of drug-likeness (QED) is 0.680. The molecule has 0 aliphatic heterocycles. The Hall–Kier alpha value is -0.865. The first-order valence-corrected chi connectivity index (χ1v) is 4.75. The van der Waals surface area contributed by atoms with Gasteiger partial charge in [0, 0.05) is 5.46 Å². The highest BCUT2D eigenvalue weighted by molar-refractivity contribution is 6.58. The van der Waals surface area contributed by atoms with Crippen LogP contribution in [0.2, 0.25) is 0 Å². The van der Waals surface area contributed by atoms with E-state index in [1.807, 2.05) is 6.92 Å². The number of halogens is 1. The van der Waals surface area contributed by atoms with Crippen LogP contribution in [-0.4, -0.2) is 17.2 Å². The van der Waals surface area contributed by atoms with Gasteiger partial charge < -0.3 is 10.0 Å². The topological polar surface area (TPSA) is 40.5 Å². The largest absolute Gasteiger partial charge is 0.491 e. The number of hydrogen-bond acceptors (Lipinski definition) is 2. The first-order valence-electron chi connectivity index (χ1n) is 4.75. The van der Waals surface area contributed by atoms with Crippen LogP contribution in [0.15, 0.2) is 12.1 Å². The molecule has 0 atom stereocenters. The molecule has 0 radical (unpaired) electrons. The summed E-state index contributed by atoms with van der Waals surface area (Å²) in [6.45, 7) is 1.85. The third kappa shape index (κ3) is 1.67. The summed E-state index contributed by atoms with van der Waals surface area (Å²) in [5.41, 5.74) is 1.93. The summed E-state index contributed by atoms with van der Waals surface area (Å²) in [6.07, 6.45) is 2.24. The van der Waals surface area contributed by atoms with Crippen molar-refractivity contribution in [1.82, 2.24) is 0 Å². The maximum atomic E-state index is 13.2. The number of hydrogen-bond donors (Lipinski definition) is 2. The Morgan fingerprint density at radius 3 is 2.50 bits per heavy atom. The highest BCUT2D eigenvalue weighted by Crippen LogP contribution is 2.41. The molecule has 1 aliphatic rings. The molecule has 1 aromatic rings. The van der Waals surface area contributed by atoms with E-state index in [4.69, 9.17) is 10.0 Å². The molecule has 0 aromatic heterocycles. The Morgan fingerprint density at radius 1 is 1.36 bits per heavy atom. The maximum Gasteiger partial charge on any atom is 0.491 e. The standard InChI is InChI=1S/C10H12BFO2/c1-6-4-10(12)9(11(13)14)5-8(6)7-2-3-7/h4-5,7,13-14H,2-3H2,1H3. The summed E-state index contributed by atoms with van der Waals surface area (Å²) in [4.78, 5) is 0. The Morgan fingerprint density at radius 2 is 2.00 bits per heavy atom. The molecule has 0 saturated heterocycles. The molecule has 0 unspecified atom stereocenters. The van der Waals surface area contributed by atoms with Crippen LogP contribution in [0.25, 0.3) is 0 Å². The fraction of sp³-hybridized carbons (Fsp3) is 0.400. The van der Waals surface area contributed by atoms with Gasteiger partial charge in [-0.05, 0) is 42.9 Å². The van der Waals surface area contributed by atoms with Crippen LogP contribution in [0.4, 0.5) is 4.39 Å². The van der Waals surface area contributed by atoms with Gasteiger partial charge in [-0.2, -0.15) is 0 Å². The molecule has 2 nitrogen and oxygen atoms in total. The highest BCUT2D eigenvalue weighted by atomic mass is 19.1. The fourth-order valence-corrected chi connectivity index (χ4v) is 1.74. The van der Waals surface area contributed by atoms with Gasteiger partial charge in [0.25, 0.3) is 0 Å². The minimum absolute atomic E-state index is 0.0162. The minimum Gasteiger partial charge on any atom is -0.423 e. The second-order valence-corrected chi connectivity index (χ2v) is 3.88. The van der Waals surface area contributed by atoms with Gasteiger partial charge in [-0.25, -0.2) is 4.39 Å². The van der Waals surface area contributed by atoms with Gasteiger partial charge in [0.05, 0.1) is 0 Å². The van der Waals surface area contributed by atoms with Crippen molar-refractivity contribution in [2.75, 3.05) is 0 Å². The van der Waals surface area contributed by atoms with Crippen LogP contribution in [0, 0.1) is 12.7 Å². The molecule has 4 heteroatoms. The van der Waals surface area contributed by atoms with Gasteiger partial charge in [-0.15, -0.1) is 0 Å². The second-order valence-electron chi connectivity index (χ2n) is 3.88. The summed E-state index contributed by atoms with van der Waals surface area (Å²) < 4.78 is 13.2. The van der Waals surface area contributed by atoms with Gasteiger partial charge in [0.15, 0.2) is 0 Å². The SMILES string of the molecule is Cc1cc(F)c(B(O)O)cc1C1CC1. The number of benzene rings is 1. The van der Waals surface area contributed by atoms with Crippen LogP contribution < -0.4 is 5.46 Å². The molecule has 0 amide bonds. The van der Waals surface area contributed by atoms with Gasteiger partial charge >= 0.3 is 7.12 Å². The summed E-state index contributed by atoms with van der Waals surface area (Å²) in [7, 11) is -1.71. The summed E-state index contributed by atoms with van der Waals surface area (Å²) in [5.74, 6) is -0.0463. The van der Waals surface area contributed by atoms with E-state index in [0.29, 0.717) is 5.92 Å². The fourth-order valence-electron chi connectivity index (χ4n) is 1.74. The molecule has 0 spiro atoms. The zero-order chi connectivity index (χ0) is 10.3. The molecular formula is C10H12BFO2. The lowest BCUT2D eigenvalue weighted by molar-refractivity contribution is 0.423. The Balaban J connectivity index is 2.45. The van der Waals surface area contributed by atoms with Gasteiger partial charge in [0.2, 0.25) is 0 Å². The molecule has 1 fully saturated rings. The maximum absolute atomic E-state index is 13.2. The predicted octanol–water partition coefficient (Wildman–Crippen LogP) is 0.691. The molecule has 0 bridgehead atoms. The minimum atomic E-state index is -1.71. The van der Waals surface area contributed by atoms with Crippen molar-refractivity contribution >= 4 is 12.6 Å².